The number of fused-ring (bicyclic) bond motifs is 1. The second kappa shape index (κ2) is 4.79. The van der Waals surface area contributed by atoms with E-state index in [4.69, 9.17) is 0 Å². The van der Waals surface area contributed by atoms with E-state index >= 15 is 0 Å². The van der Waals surface area contributed by atoms with Crippen LogP contribution in [0.5, 0.6) is 0 Å². The van der Waals surface area contributed by atoms with Crippen LogP contribution >= 0.6 is 0 Å². The Morgan fingerprint density at radius 1 is 1.06 bits per heavy atom. The van der Waals surface area contributed by atoms with E-state index in [1.54, 1.807) is 0 Å². The summed E-state index contributed by atoms with van der Waals surface area (Å²) in [4.78, 5) is 11.5. The summed E-state index contributed by atoms with van der Waals surface area (Å²) in [6.07, 6.45) is 11.3. The van der Waals surface area contributed by atoms with Crippen LogP contribution in [-0.2, 0) is 4.79 Å². The zero-order chi connectivity index (χ0) is 11.7. The Balaban J connectivity index is 1.53. The predicted octanol–water partition coefficient (Wildman–Crippen LogP) is 2.86. The fourth-order valence-electron chi connectivity index (χ4n) is 3.36. The monoisotopic (exact) mass is 234 g/mol. The summed E-state index contributed by atoms with van der Waals surface area (Å²) >= 11 is 0. The lowest BCUT2D eigenvalue weighted by Gasteiger charge is -2.35. The molecule has 94 valence electrons. The molecule has 3 fully saturated rings. The second-order valence-corrected chi connectivity index (χ2v) is 5.98. The molecule has 0 aromatic heterocycles. The summed E-state index contributed by atoms with van der Waals surface area (Å²) in [5.74, 6) is 2.21. The van der Waals surface area contributed by atoms with Gasteiger partial charge in [0.1, 0.15) is 0 Å². The highest BCUT2D eigenvalue weighted by atomic mass is 16.2. The van der Waals surface area contributed by atoms with E-state index in [9.17, 15) is 4.79 Å². The van der Waals surface area contributed by atoms with E-state index in [0.717, 1.165) is 37.5 Å². The van der Waals surface area contributed by atoms with Crippen molar-refractivity contribution >= 4 is 11.6 Å². The number of amides is 1. The zero-order valence-electron chi connectivity index (χ0n) is 10.5. The van der Waals surface area contributed by atoms with Crippen molar-refractivity contribution in [2.75, 3.05) is 0 Å². The summed E-state index contributed by atoms with van der Waals surface area (Å²) in [5.41, 5.74) is 4.00. The molecule has 17 heavy (non-hydrogen) atoms. The minimum Gasteiger partial charge on any atom is -0.273 e. The standard InChI is InChI=1S/C14H22N2O/c17-14(11-5-6-11)16-15-13-8-7-10-3-1-2-4-12(10)9-13/h10-12H,1-9H2,(H,16,17)/b15-13+/t10-,12-/m0/s1. The maximum Gasteiger partial charge on any atom is 0.243 e. The normalized spacial score (nSPS) is 35.4. The van der Waals surface area contributed by atoms with Crippen molar-refractivity contribution in [2.45, 2.75) is 57.8 Å². The highest BCUT2D eigenvalue weighted by Gasteiger charge is 2.31. The number of nitrogens with zero attached hydrogens (tertiary/aromatic N) is 1. The van der Waals surface area contributed by atoms with Gasteiger partial charge in [-0.05, 0) is 50.4 Å². The molecule has 0 aromatic carbocycles. The van der Waals surface area contributed by atoms with Crippen molar-refractivity contribution in [2.24, 2.45) is 22.9 Å². The Kier molecular flexibility index (Phi) is 3.17. The first-order valence-corrected chi connectivity index (χ1v) is 7.18. The van der Waals surface area contributed by atoms with Crippen molar-refractivity contribution in [3.05, 3.63) is 0 Å². The number of hydrogen-bond acceptors (Lipinski definition) is 2. The zero-order valence-corrected chi connectivity index (χ0v) is 10.5. The average Bonchev–Trinajstić information content (AvgIpc) is 3.20. The number of nitrogens with one attached hydrogen (secondary N) is 1. The van der Waals surface area contributed by atoms with Gasteiger partial charge in [0.05, 0.1) is 0 Å². The second-order valence-electron chi connectivity index (χ2n) is 5.98. The third-order valence-corrected chi connectivity index (χ3v) is 4.64. The van der Waals surface area contributed by atoms with Crippen LogP contribution in [0.15, 0.2) is 5.10 Å². The van der Waals surface area contributed by atoms with E-state index in [2.05, 4.69) is 10.5 Å². The summed E-state index contributed by atoms with van der Waals surface area (Å²) in [6, 6.07) is 0. The van der Waals surface area contributed by atoms with Crippen LogP contribution in [-0.4, -0.2) is 11.6 Å². The molecule has 2 atom stereocenters. The summed E-state index contributed by atoms with van der Waals surface area (Å²) in [5, 5.41) is 4.35. The van der Waals surface area contributed by atoms with Crippen LogP contribution < -0.4 is 5.43 Å². The highest BCUT2D eigenvalue weighted by Crippen LogP contribution is 2.39. The van der Waals surface area contributed by atoms with E-state index in [1.807, 2.05) is 0 Å². The topological polar surface area (TPSA) is 41.5 Å². The van der Waals surface area contributed by atoms with Gasteiger partial charge in [0, 0.05) is 11.6 Å². The molecule has 3 nitrogen and oxygen atoms in total. The summed E-state index contributed by atoms with van der Waals surface area (Å²) < 4.78 is 0. The molecule has 3 rings (SSSR count). The van der Waals surface area contributed by atoms with E-state index in [0.29, 0.717) is 0 Å². The molecule has 1 N–H and O–H groups in total. The van der Waals surface area contributed by atoms with Gasteiger partial charge in [0.15, 0.2) is 0 Å². The molecule has 0 aromatic rings. The molecular formula is C14H22N2O. The molecular weight excluding hydrogens is 212 g/mol. The van der Waals surface area contributed by atoms with Crippen LogP contribution in [0.1, 0.15) is 57.8 Å². The van der Waals surface area contributed by atoms with E-state index < -0.39 is 0 Å². The Labute approximate surface area is 103 Å². The van der Waals surface area contributed by atoms with Crippen molar-refractivity contribution in [1.82, 2.24) is 5.43 Å². The van der Waals surface area contributed by atoms with Crippen LogP contribution in [0.4, 0.5) is 0 Å². The fourth-order valence-corrected chi connectivity index (χ4v) is 3.36. The molecule has 3 saturated carbocycles. The summed E-state index contributed by atoms with van der Waals surface area (Å²) in [7, 11) is 0. The van der Waals surface area contributed by atoms with Gasteiger partial charge in [-0.15, -0.1) is 0 Å². The van der Waals surface area contributed by atoms with E-state index in [1.165, 1.54) is 37.8 Å². The van der Waals surface area contributed by atoms with Crippen molar-refractivity contribution < 1.29 is 4.79 Å². The molecule has 0 radical (unpaired) electrons. The molecule has 0 bridgehead atoms. The minimum atomic E-state index is 0.142. The Morgan fingerprint density at radius 3 is 2.59 bits per heavy atom. The maximum absolute atomic E-state index is 11.5. The lowest BCUT2D eigenvalue weighted by molar-refractivity contribution is -0.122. The fraction of sp³-hybridized carbons (Fsp3) is 0.857. The van der Waals surface area contributed by atoms with Gasteiger partial charge < -0.3 is 0 Å². The molecule has 0 aliphatic heterocycles. The lowest BCUT2D eigenvalue weighted by atomic mass is 9.70. The minimum absolute atomic E-state index is 0.142. The third-order valence-electron chi connectivity index (χ3n) is 4.64. The number of rotatable bonds is 2. The van der Waals surface area contributed by atoms with Crippen LogP contribution in [0.2, 0.25) is 0 Å². The molecule has 0 saturated heterocycles. The van der Waals surface area contributed by atoms with Gasteiger partial charge in [-0.3, -0.25) is 4.79 Å². The van der Waals surface area contributed by atoms with Gasteiger partial charge in [-0.25, -0.2) is 5.43 Å². The Hall–Kier alpha value is -0.860. The Bertz CT molecular complexity index is 333. The molecule has 0 unspecified atom stereocenters. The molecule has 3 aliphatic rings. The SMILES string of the molecule is O=C(N/N=C1\CC[C@@H]2CCCC[C@H]2C1)C1CC1. The first-order valence-electron chi connectivity index (χ1n) is 7.18. The van der Waals surface area contributed by atoms with Crippen molar-refractivity contribution in [3.63, 3.8) is 0 Å². The number of carbonyl (C=O) groups is 1. The lowest BCUT2D eigenvalue weighted by Crippen LogP contribution is -2.30. The maximum atomic E-state index is 11.5. The Morgan fingerprint density at radius 2 is 1.82 bits per heavy atom. The van der Waals surface area contributed by atoms with Crippen LogP contribution in [0.25, 0.3) is 0 Å². The smallest absolute Gasteiger partial charge is 0.243 e. The summed E-state index contributed by atoms with van der Waals surface area (Å²) in [6.45, 7) is 0. The quantitative estimate of drug-likeness (QED) is 0.733. The van der Waals surface area contributed by atoms with Gasteiger partial charge in [0.2, 0.25) is 5.91 Å². The van der Waals surface area contributed by atoms with Gasteiger partial charge in [-0.1, -0.05) is 19.3 Å². The molecule has 3 aliphatic carbocycles. The predicted molar refractivity (Wildman–Crippen MR) is 67.6 cm³/mol. The highest BCUT2D eigenvalue weighted by molar-refractivity contribution is 5.88. The van der Waals surface area contributed by atoms with Crippen LogP contribution in [0.3, 0.4) is 0 Å². The largest absolute Gasteiger partial charge is 0.273 e. The molecule has 0 heterocycles. The molecule has 0 spiro atoms. The van der Waals surface area contributed by atoms with Crippen molar-refractivity contribution in [1.29, 1.82) is 0 Å². The van der Waals surface area contributed by atoms with Gasteiger partial charge in [-0.2, -0.15) is 5.10 Å². The van der Waals surface area contributed by atoms with Crippen LogP contribution in [0, 0.1) is 17.8 Å². The average molecular weight is 234 g/mol. The van der Waals surface area contributed by atoms with Gasteiger partial charge in [0.25, 0.3) is 0 Å². The number of hydrazone groups is 1. The van der Waals surface area contributed by atoms with Crippen molar-refractivity contribution in [3.8, 4) is 0 Å². The van der Waals surface area contributed by atoms with E-state index in [-0.39, 0.29) is 11.8 Å². The molecule has 1 amide bonds. The third kappa shape index (κ3) is 2.70. The number of hydrogen-bond donors (Lipinski definition) is 1. The molecule has 3 heteroatoms. The number of carbonyl (C=O) groups excluding carboxylic acids is 1. The first-order chi connectivity index (χ1) is 8.33. The first kappa shape index (κ1) is 11.2. The van der Waals surface area contributed by atoms with Gasteiger partial charge >= 0.3 is 0 Å².